The molecule has 0 aliphatic heterocycles. The zero-order valence-corrected chi connectivity index (χ0v) is 15.2. The third-order valence-electron chi connectivity index (χ3n) is 3.94. The maximum Gasteiger partial charge on any atom is 0.276 e. The van der Waals surface area contributed by atoms with Crippen molar-refractivity contribution in [2.24, 2.45) is 0 Å². The second kappa shape index (κ2) is 7.54. The van der Waals surface area contributed by atoms with Crippen LogP contribution in [0.5, 0.6) is 0 Å². The van der Waals surface area contributed by atoms with Gasteiger partial charge >= 0.3 is 0 Å². The average Bonchev–Trinajstić information content (AvgIpc) is 2.60. The van der Waals surface area contributed by atoms with Crippen LogP contribution >= 0.6 is 11.6 Å². The number of hydrogen-bond acceptors (Lipinski definition) is 3. The first-order chi connectivity index (χ1) is 12.4. The van der Waals surface area contributed by atoms with Crippen molar-refractivity contribution in [2.75, 3.05) is 5.32 Å². The molecule has 2 aromatic carbocycles. The van der Waals surface area contributed by atoms with Gasteiger partial charge in [0.1, 0.15) is 5.69 Å². The van der Waals surface area contributed by atoms with Crippen LogP contribution in [0.3, 0.4) is 0 Å². The number of anilines is 1. The van der Waals surface area contributed by atoms with E-state index in [0.29, 0.717) is 17.3 Å². The molecule has 0 unspecified atom stereocenters. The van der Waals surface area contributed by atoms with Gasteiger partial charge in [0.25, 0.3) is 11.5 Å². The molecule has 0 atom stereocenters. The van der Waals surface area contributed by atoms with Gasteiger partial charge in [-0.2, -0.15) is 5.10 Å². The van der Waals surface area contributed by atoms with Crippen molar-refractivity contribution in [1.82, 2.24) is 9.78 Å². The maximum atomic E-state index is 12.6. The lowest BCUT2D eigenvalue weighted by molar-refractivity contribution is 0.102. The van der Waals surface area contributed by atoms with Crippen LogP contribution in [-0.2, 0) is 6.54 Å². The van der Waals surface area contributed by atoms with E-state index in [0.717, 1.165) is 16.7 Å². The fraction of sp³-hybridized carbons (Fsp3) is 0.150. The molecule has 1 amide bonds. The molecule has 0 saturated heterocycles. The van der Waals surface area contributed by atoms with E-state index in [9.17, 15) is 9.59 Å². The molecule has 0 fully saturated rings. The number of nitrogens with zero attached hydrogens (tertiary/aromatic N) is 2. The lowest BCUT2D eigenvalue weighted by Gasteiger charge is -2.12. The van der Waals surface area contributed by atoms with Crippen LogP contribution < -0.4 is 10.9 Å². The number of halogens is 1. The highest BCUT2D eigenvalue weighted by molar-refractivity contribution is 6.34. The number of hydrogen-bond donors (Lipinski definition) is 1. The molecule has 1 N–H and O–H groups in total. The van der Waals surface area contributed by atoms with Crippen LogP contribution in [0.4, 0.5) is 5.69 Å². The highest BCUT2D eigenvalue weighted by atomic mass is 35.5. The van der Waals surface area contributed by atoms with Crippen LogP contribution in [0, 0.1) is 13.8 Å². The Morgan fingerprint density at radius 2 is 1.85 bits per heavy atom. The van der Waals surface area contributed by atoms with E-state index < -0.39 is 5.91 Å². The van der Waals surface area contributed by atoms with Gasteiger partial charge in [-0.1, -0.05) is 48.0 Å². The van der Waals surface area contributed by atoms with E-state index in [1.54, 1.807) is 6.07 Å². The Kier molecular flexibility index (Phi) is 5.19. The number of carbonyl (C=O) groups is 1. The molecule has 0 radical (unpaired) electrons. The number of benzene rings is 2. The molecule has 0 bridgehead atoms. The first kappa shape index (κ1) is 17.9. The van der Waals surface area contributed by atoms with Crippen molar-refractivity contribution in [1.29, 1.82) is 0 Å². The molecule has 26 heavy (non-hydrogen) atoms. The summed E-state index contributed by atoms with van der Waals surface area (Å²) in [5, 5.41) is 7.44. The zero-order chi connectivity index (χ0) is 18.7. The fourth-order valence-corrected chi connectivity index (χ4v) is 3.06. The second-order valence-electron chi connectivity index (χ2n) is 6.09. The topological polar surface area (TPSA) is 64.0 Å². The van der Waals surface area contributed by atoms with Gasteiger partial charge in [0, 0.05) is 6.07 Å². The number of aryl methyl sites for hydroxylation is 2. The largest absolute Gasteiger partial charge is 0.319 e. The maximum absolute atomic E-state index is 12.6. The minimum Gasteiger partial charge on any atom is -0.319 e. The summed E-state index contributed by atoms with van der Waals surface area (Å²) in [4.78, 5) is 24.6. The molecule has 6 heteroatoms. The molecule has 0 spiro atoms. The lowest BCUT2D eigenvalue weighted by Crippen LogP contribution is -2.26. The SMILES string of the molecule is Cc1cc(C)c(NC(=O)c2ccc(=O)n(Cc3ccccc3)n2)c(Cl)c1. The van der Waals surface area contributed by atoms with Crippen LogP contribution in [0.25, 0.3) is 0 Å². The van der Waals surface area contributed by atoms with Gasteiger partial charge in [0.05, 0.1) is 17.3 Å². The number of nitrogens with one attached hydrogen (secondary N) is 1. The van der Waals surface area contributed by atoms with Crippen LogP contribution in [0.2, 0.25) is 5.02 Å². The molecule has 0 saturated carbocycles. The molecular weight excluding hydrogens is 350 g/mol. The molecule has 5 nitrogen and oxygen atoms in total. The normalized spacial score (nSPS) is 10.6. The first-order valence-electron chi connectivity index (χ1n) is 8.14. The van der Waals surface area contributed by atoms with Crippen LogP contribution in [0.1, 0.15) is 27.2 Å². The third-order valence-corrected chi connectivity index (χ3v) is 4.24. The van der Waals surface area contributed by atoms with Gasteiger partial charge in [-0.05, 0) is 42.7 Å². The average molecular weight is 368 g/mol. The van der Waals surface area contributed by atoms with E-state index in [4.69, 9.17) is 11.6 Å². The van der Waals surface area contributed by atoms with Gasteiger partial charge in [0.15, 0.2) is 0 Å². The van der Waals surface area contributed by atoms with Crippen molar-refractivity contribution >= 4 is 23.2 Å². The molecule has 3 rings (SSSR count). The monoisotopic (exact) mass is 367 g/mol. The van der Waals surface area contributed by atoms with Crippen molar-refractivity contribution in [3.05, 3.63) is 92.4 Å². The predicted molar refractivity (Wildman–Crippen MR) is 103 cm³/mol. The molecule has 0 aliphatic carbocycles. The van der Waals surface area contributed by atoms with E-state index in [1.165, 1.54) is 16.8 Å². The van der Waals surface area contributed by atoms with Crippen molar-refractivity contribution in [2.45, 2.75) is 20.4 Å². The van der Waals surface area contributed by atoms with E-state index in [2.05, 4.69) is 10.4 Å². The summed E-state index contributed by atoms with van der Waals surface area (Å²) in [6.07, 6.45) is 0. The Labute approximate surface area is 156 Å². The molecular formula is C20H18ClN3O2. The van der Waals surface area contributed by atoms with Gasteiger partial charge < -0.3 is 5.32 Å². The van der Waals surface area contributed by atoms with Gasteiger partial charge in [-0.15, -0.1) is 0 Å². The highest BCUT2D eigenvalue weighted by Crippen LogP contribution is 2.27. The summed E-state index contributed by atoms with van der Waals surface area (Å²) in [5.74, 6) is -0.416. The van der Waals surface area contributed by atoms with Crippen LogP contribution in [-0.4, -0.2) is 15.7 Å². The summed E-state index contributed by atoms with van der Waals surface area (Å²) < 4.78 is 1.27. The molecule has 132 valence electrons. The Hall–Kier alpha value is -2.92. The number of rotatable bonds is 4. The van der Waals surface area contributed by atoms with Gasteiger partial charge in [-0.3, -0.25) is 9.59 Å². The Bertz CT molecular complexity index is 990. The predicted octanol–water partition coefficient (Wildman–Crippen LogP) is 3.81. The minimum atomic E-state index is -0.416. The molecule has 1 heterocycles. The van der Waals surface area contributed by atoms with Crippen molar-refractivity contribution < 1.29 is 4.79 Å². The Morgan fingerprint density at radius 1 is 1.12 bits per heavy atom. The number of aromatic nitrogens is 2. The van der Waals surface area contributed by atoms with Gasteiger partial charge in [-0.25, -0.2) is 4.68 Å². The van der Waals surface area contributed by atoms with Gasteiger partial charge in [0.2, 0.25) is 0 Å². The standard InChI is InChI=1S/C20H18ClN3O2/c1-13-10-14(2)19(16(21)11-13)22-20(26)17-8-9-18(25)24(23-17)12-15-6-4-3-5-7-15/h3-11H,12H2,1-2H3,(H,22,26). The number of carbonyl (C=O) groups excluding carboxylic acids is 1. The summed E-state index contributed by atoms with van der Waals surface area (Å²) in [6.45, 7) is 4.11. The summed E-state index contributed by atoms with van der Waals surface area (Å²) in [7, 11) is 0. The Balaban J connectivity index is 1.87. The van der Waals surface area contributed by atoms with E-state index in [1.807, 2.05) is 50.2 Å². The van der Waals surface area contributed by atoms with E-state index >= 15 is 0 Å². The van der Waals surface area contributed by atoms with E-state index in [-0.39, 0.29) is 11.3 Å². The quantitative estimate of drug-likeness (QED) is 0.762. The summed E-state index contributed by atoms with van der Waals surface area (Å²) in [5.41, 5.74) is 3.23. The second-order valence-corrected chi connectivity index (χ2v) is 6.50. The summed E-state index contributed by atoms with van der Waals surface area (Å²) >= 11 is 6.24. The van der Waals surface area contributed by atoms with Crippen molar-refractivity contribution in [3.8, 4) is 0 Å². The molecule has 0 aliphatic rings. The summed E-state index contributed by atoms with van der Waals surface area (Å²) in [6, 6.07) is 16.0. The molecule has 1 aromatic heterocycles. The fourth-order valence-electron chi connectivity index (χ4n) is 2.69. The Morgan fingerprint density at radius 3 is 2.54 bits per heavy atom. The minimum absolute atomic E-state index is 0.150. The smallest absolute Gasteiger partial charge is 0.276 e. The molecule has 3 aromatic rings. The zero-order valence-electron chi connectivity index (χ0n) is 14.5. The van der Waals surface area contributed by atoms with Crippen LogP contribution in [0.15, 0.2) is 59.4 Å². The van der Waals surface area contributed by atoms with Crippen molar-refractivity contribution in [3.63, 3.8) is 0 Å². The third kappa shape index (κ3) is 4.00. The highest BCUT2D eigenvalue weighted by Gasteiger charge is 2.14. The first-order valence-corrected chi connectivity index (χ1v) is 8.52. The number of amides is 1. The lowest BCUT2D eigenvalue weighted by atomic mass is 10.1.